The average molecular weight is 224 g/mol. The van der Waals surface area contributed by atoms with Crippen molar-refractivity contribution in [2.45, 2.75) is 39.0 Å². The van der Waals surface area contributed by atoms with Crippen LogP contribution in [0, 0.1) is 16.7 Å². The van der Waals surface area contributed by atoms with Crippen molar-refractivity contribution in [3.05, 3.63) is 0 Å². The fraction of sp³-hybridized carbons (Fsp3) is 0.833. The van der Waals surface area contributed by atoms with Crippen LogP contribution < -0.4 is 0 Å². The molecule has 4 heteroatoms. The van der Waals surface area contributed by atoms with Crippen LogP contribution in [0.25, 0.3) is 0 Å². The van der Waals surface area contributed by atoms with Crippen LogP contribution in [0.2, 0.25) is 0 Å². The molecule has 1 aliphatic rings. The van der Waals surface area contributed by atoms with E-state index >= 15 is 0 Å². The molecule has 90 valence electrons. The number of likely N-dealkylation sites (tertiary alicyclic amines) is 1. The van der Waals surface area contributed by atoms with E-state index in [1.807, 2.05) is 6.92 Å². The Bertz CT molecular complexity index is 285. The SMILES string of the molecule is CCC1(C(=O)O)CCCN(CCCC#N)C1. The quantitative estimate of drug-likeness (QED) is 0.724. The predicted octanol–water partition coefficient (Wildman–Crippen LogP) is 1.87. The Kier molecular flexibility index (Phi) is 4.75. The first-order valence-electron chi connectivity index (χ1n) is 5.97. The Morgan fingerprint density at radius 3 is 2.94 bits per heavy atom. The van der Waals surface area contributed by atoms with Crippen molar-refractivity contribution in [1.29, 1.82) is 5.26 Å². The van der Waals surface area contributed by atoms with Gasteiger partial charge in [-0.1, -0.05) is 6.92 Å². The molecular formula is C12H20N2O2. The Morgan fingerprint density at radius 1 is 1.62 bits per heavy atom. The van der Waals surface area contributed by atoms with Gasteiger partial charge in [-0.3, -0.25) is 4.79 Å². The maximum absolute atomic E-state index is 11.3. The van der Waals surface area contributed by atoms with Crippen LogP contribution in [0.3, 0.4) is 0 Å². The summed E-state index contributed by atoms with van der Waals surface area (Å²) in [4.78, 5) is 13.5. The molecule has 0 aromatic carbocycles. The van der Waals surface area contributed by atoms with Gasteiger partial charge in [-0.15, -0.1) is 0 Å². The van der Waals surface area contributed by atoms with Crippen molar-refractivity contribution in [3.8, 4) is 6.07 Å². The third-order valence-electron chi connectivity index (χ3n) is 3.55. The maximum Gasteiger partial charge on any atom is 0.310 e. The predicted molar refractivity (Wildman–Crippen MR) is 60.9 cm³/mol. The molecular weight excluding hydrogens is 204 g/mol. The molecule has 1 saturated heterocycles. The number of rotatable bonds is 5. The van der Waals surface area contributed by atoms with Crippen molar-refractivity contribution >= 4 is 5.97 Å². The van der Waals surface area contributed by atoms with Crippen molar-refractivity contribution < 1.29 is 9.90 Å². The third kappa shape index (κ3) is 2.96. The number of carboxylic acid groups (broad SMARTS) is 1. The van der Waals surface area contributed by atoms with Crippen LogP contribution >= 0.6 is 0 Å². The number of unbranched alkanes of at least 4 members (excludes halogenated alkanes) is 1. The number of carbonyl (C=O) groups is 1. The van der Waals surface area contributed by atoms with E-state index in [1.54, 1.807) is 0 Å². The highest BCUT2D eigenvalue weighted by Crippen LogP contribution is 2.33. The number of piperidine rings is 1. The standard InChI is InChI=1S/C12H20N2O2/c1-2-12(11(15)16)6-5-9-14(10-12)8-4-3-7-13/h2-6,8-10H2,1H3,(H,15,16). The second kappa shape index (κ2) is 5.86. The second-order valence-corrected chi connectivity index (χ2v) is 4.58. The van der Waals surface area contributed by atoms with Gasteiger partial charge in [0, 0.05) is 13.0 Å². The Hall–Kier alpha value is -1.08. The van der Waals surface area contributed by atoms with E-state index in [-0.39, 0.29) is 0 Å². The highest BCUT2D eigenvalue weighted by atomic mass is 16.4. The molecule has 4 nitrogen and oxygen atoms in total. The molecule has 16 heavy (non-hydrogen) atoms. The molecule has 0 saturated carbocycles. The highest BCUT2D eigenvalue weighted by Gasteiger charge is 2.40. The lowest BCUT2D eigenvalue weighted by Gasteiger charge is -2.39. The first-order valence-corrected chi connectivity index (χ1v) is 5.97. The van der Waals surface area contributed by atoms with Crippen LogP contribution in [0.5, 0.6) is 0 Å². The van der Waals surface area contributed by atoms with Crippen LogP contribution in [-0.4, -0.2) is 35.6 Å². The Morgan fingerprint density at radius 2 is 2.38 bits per heavy atom. The van der Waals surface area contributed by atoms with E-state index < -0.39 is 11.4 Å². The lowest BCUT2D eigenvalue weighted by molar-refractivity contribution is -0.152. The molecule has 0 aliphatic carbocycles. The molecule has 1 unspecified atom stereocenters. The second-order valence-electron chi connectivity index (χ2n) is 4.58. The van der Waals surface area contributed by atoms with Crippen molar-refractivity contribution in [2.75, 3.05) is 19.6 Å². The van der Waals surface area contributed by atoms with Gasteiger partial charge in [0.25, 0.3) is 0 Å². The molecule has 0 amide bonds. The zero-order valence-corrected chi connectivity index (χ0v) is 9.91. The van der Waals surface area contributed by atoms with Gasteiger partial charge >= 0.3 is 5.97 Å². The molecule has 1 heterocycles. The van der Waals surface area contributed by atoms with E-state index in [0.29, 0.717) is 19.4 Å². The van der Waals surface area contributed by atoms with Crippen LogP contribution in [0.1, 0.15) is 39.0 Å². The smallest absolute Gasteiger partial charge is 0.310 e. The summed E-state index contributed by atoms with van der Waals surface area (Å²) in [6, 6.07) is 2.12. The Labute approximate surface area is 96.9 Å². The van der Waals surface area contributed by atoms with Crippen LogP contribution in [0.4, 0.5) is 0 Å². The van der Waals surface area contributed by atoms with Gasteiger partial charge in [-0.25, -0.2) is 0 Å². The van der Waals surface area contributed by atoms with Crippen LogP contribution in [0.15, 0.2) is 0 Å². The number of hydrogen-bond acceptors (Lipinski definition) is 3. The summed E-state index contributed by atoms with van der Waals surface area (Å²) < 4.78 is 0. The van der Waals surface area contributed by atoms with Gasteiger partial charge in [0.1, 0.15) is 0 Å². The topological polar surface area (TPSA) is 64.3 Å². The third-order valence-corrected chi connectivity index (χ3v) is 3.55. The molecule has 0 bridgehead atoms. The molecule has 0 spiro atoms. The summed E-state index contributed by atoms with van der Waals surface area (Å²) >= 11 is 0. The highest BCUT2D eigenvalue weighted by molar-refractivity contribution is 5.75. The molecule has 1 fully saturated rings. The molecule has 1 N–H and O–H groups in total. The summed E-state index contributed by atoms with van der Waals surface area (Å²) in [6.07, 6.45) is 3.83. The fourth-order valence-electron chi connectivity index (χ4n) is 2.41. The van der Waals surface area contributed by atoms with Gasteiger partial charge in [-0.2, -0.15) is 5.26 Å². The molecule has 0 radical (unpaired) electrons. The van der Waals surface area contributed by atoms with E-state index in [9.17, 15) is 9.90 Å². The maximum atomic E-state index is 11.3. The average Bonchev–Trinajstić information content (AvgIpc) is 2.29. The van der Waals surface area contributed by atoms with E-state index in [0.717, 1.165) is 32.4 Å². The number of nitrogens with zero attached hydrogens (tertiary/aromatic N) is 2. The largest absolute Gasteiger partial charge is 0.481 e. The molecule has 1 atom stereocenters. The van der Waals surface area contributed by atoms with E-state index in [2.05, 4.69) is 11.0 Å². The van der Waals surface area contributed by atoms with Gasteiger partial charge in [-0.05, 0) is 38.8 Å². The number of carboxylic acids is 1. The monoisotopic (exact) mass is 224 g/mol. The van der Waals surface area contributed by atoms with Crippen LogP contribution in [-0.2, 0) is 4.79 Å². The van der Waals surface area contributed by atoms with Gasteiger partial charge in [0.05, 0.1) is 11.5 Å². The van der Waals surface area contributed by atoms with E-state index in [4.69, 9.17) is 5.26 Å². The summed E-state index contributed by atoms with van der Waals surface area (Å²) in [5, 5.41) is 17.8. The molecule has 0 aromatic rings. The van der Waals surface area contributed by atoms with E-state index in [1.165, 1.54) is 0 Å². The van der Waals surface area contributed by atoms with Gasteiger partial charge in [0.15, 0.2) is 0 Å². The van der Waals surface area contributed by atoms with Crippen molar-refractivity contribution in [3.63, 3.8) is 0 Å². The minimum absolute atomic E-state index is 0.551. The molecule has 1 rings (SSSR count). The summed E-state index contributed by atoms with van der Waals surface area (Å²) in [6.45, 7) is 4.42. The van der Waals surface area contributed by atoms with Gasteiger partial charge < -0.3 is 10.0 Å². The first-order chi connectivity index (χ1) is 7.64. The first kappa shape index (κ1) is 13.0. The number of aliphatic carboxylic acids is 1. The molecule has 0 aromatic heterocycles. The zero-order valence-electron chi connectivity index (χ0n) is 9.91. The lowest BCUT2D eigenvalue weighted by Crippen LogP contribution is -2.47. The minimum Gasteiger partial charge on any atom is -0.481 e. The summed E-state index contributed by atoms with van der Waals surface area (Å²) in [5.74, 6) is -0.667. The lowest BCUT2D eigenvalue weighted by atomic mass is 9.77. The number of hydrogen-bond donors (Lipinski definition) is 1. The summed E-state index contributed by atoms with van der Waals surface area (Å²) in [5.41, 5.74) is -0.551. The Balaban J connectivity index is 2.52. The molecule has 1 aliphatic heterocycles. The normalized spacial score (nSPS) is 26.2. The zero-order chi connectivity index (χ0) is 12.0. The van der Waals surface area contributed by atoms with Gasteiger partial charge in [0.2, 0.25) is 0 Å². The minimum atomic E-state index is -0.667. The fourth-order valence-corrected chi connectivity index (χ4v) is 2.41. The summed E-state index contributed by atoms with van der Waals surface area (Å²) in [7, 11) is 0. The number of nitriles is 1. The van der Waals surface area contributed by atoms with Crippen molar-refractivity contribution in [2.24, 2.45) is 5.41 Å². The van der Waals surface area contributed by atoms with Crippen molar-refractivity contribution in [1.82, 2.24) is 4.90 Å².